The van der Waals surface area contributed by atoms with Crippen molar-refractivity contribution in [2.45, 2.75) is 40.3 Å². The monoisotopic (exact) mass is 358 g/mol. The van der Waals surface area contributed by atoms with E-state index >= 15 is 0 Å². The molecule has 0 atom stereocenters. The molecule has 0 aliphatic carbocycles. The van der Waals surface area contributed by atoms with Crippen LogP contribution in [-0.2, 0) is 6.54 Å². The molecule has 1 aromatic heterocycles. The standard InChI is InChI=1S/C21H30N2O3/c1-14(2)23-15(3)10-18(16(23)4)19(24)13-22(5)12-17-8-9-20(25-6)21(11-17)26-7/h8-11,14H,12-13H2,1-7H3. The molecule has 0 bridgehead atoms. The lowest BCUT2D eigenvalue weighted by Gasteiger charge is -2.17. The maximum Gasteiger partial charge on any atom is 0.178 e. The molecule has 26 heavy (non-hydrogen) atoms. The Morgan fingerprint density at radius 2 is 1.77 bits per heavy atom. The maximum atomic E-state index is 12.8. The number of hydrogen-bond acceptors (Lipinski definition) is 4. The Morgan fingerprint density at radius 3 is 2.31 bits per heavy atom. The molecule has 142 valence electrons. The van der Waals surface area contributed by atoms with Crippen LogP contribution in [0, 0.1) is 13.8 Å². The molecule has 0 aliphatic heterocycles. The molecule has 0 spiro atoms. The third-order valence-electron chi connectivity index (χ3n) is 4.62. The number of aromatic nitrogens is 1. The van der Waals surface area contributed by atoms with E-state index in [0.29, 0.717) is 30.6 Å². The number of aryl methyl sites for hydroxylation is 1. The molecule has 0 fully saturated rings. The van der Waals surface area contributed by atoms with E-state index in [0.717, 1.165) is 22.5 Å². The number of nitrogens with zero attached hydrogens (tertiary/aromatic N) is 2. The normalized spacial score (nSPS) is 11.3. The molecule has 5 heteroatoms. The Morgan fingerprint density at radius 1 is 1.12 bits per heavy atom. The second-order valence-corrected chi connectivity index (χ2v) is 7.03. The summed E-state index contributed by atoms with van der Waals surface area (Å²) in [6.45, 7) is 9.38. The number of likely N-dealkylation sites (N-methyl/N-ethyl adjacent to an activating group) is 1. The number of hydrogen-bond donors (Lipinski definition) is 0. The molecule has 0 saturated heterocycles. The van der Waals surface area contributed by atoms with Gasteiger partial charge in [-0.15, -0.1) is 0 Å². The molecule has 5 nitrogen and oxygen atoms in total. The highest BCUT2D eigenvalue weighted by molar-refractivity contribution is 5.99. The summed E-state index contributed by atoms with van der Waals surface area (Å²) in [5.41, 5.74) is 4.06. The summed E-state index contributed by atoms with van der Waals surface area (Å²) < 4.78 is 12.8. The van der Waals surface area contributed by atoms with Crippen molar-refractivity contribution < 1.29 is 14.3 Å². The summed E-state index contributed by atoms with van der Waals surface area (Å²) in [7, 11) is 5.20. The van der Waals surface area contributed by atoms with Gasteiger partial charge in [0.25, 0.3) is 0 Å². The van der Waals surface area contributed by atoms with Gasteiger partial charge in [0.15, 0.2) is 17.3 Å². The van der Waals surface area contributed by atoms with Gasteiger partial charge in [0, 0.05) is 29.5 Å². The lowest BCUT2D eigenvalue weighted by Crippen LogP contribution is -2.26. The third kappa shape index (κ3) is 4.28. The zero-order valence-electron chi connectivity index (χ0n) is 16.9. The quantitative estimate of drug-likeness (QED) is 0.669. The van der Waals surface area contributed by atoms with Crippen LogP contribution in [0.4, 0.5) is 0 Å². The Balaban J connectivity index is 2.09. The van der Waals surface area contributed by atoms with E-state index in [1.54, 1.807) is 14.2 Å². The molecule has 0 unspecified atom stereocenters. The van der Waals surface area contributed by atoms with Gasteiger partial charge in [-0.05, 0) is 58.5 Å². The van der Waals surface area contributed by atoms with Crippen molar-refractivity contribution in [2.24, 2.45) is 0 Å². The third-order valence-corrected chi connectivity index (χ3v) is 4.62. The first-order chi connectivity index (χ1) is 12.3. The van der Waals surface area contributed by atoms with Crippen LogP contribution in [0.5, 0.6) is 11.5 Å². The molecule has 2 aromatic rings. The van der Waals surface area contributed by atoms with E-state index in [-0.39, 0.29) is 5.78 Å². The van der Waals surface area contributed by atoms with Gasteiger partial charge >= 0.3 is 0 Å². The predicted molar refractivity (Wildman–Crippen MR) is 105 cm³/mol. The van der Waals surface area contributed by atoms with Crippen molar-refractivity contribution in [1.82, 2.24) is 9.47 Å². The molecule has 0 radical (unpaired) electrons. The van der Waals surface area contributed by atoms with Crippen LogP contribution in [0.1, 0.15) is 47.2 Å². The fraction of sp³-hybridized carbons (Fsp3) is 0.476. The molecule has 0 aliphatic rings. The van der Waals surface area contributed by atoms with Crippen molar-refractivity contribution in [3.05, 3.63) is 46.8 Å². The van der Waals surface area contributed by atoms with Crippen LogP contribution >= 0.6 is 0 Å². The first-order valence-electron chi connectivity index (χ1n) is 8.89. The lowest BCUT2D eigenvalue weighted by molar-refractivity contribution is 0.0942. The molecular formula is C21H30N2O3. The van der Waals surface area contributed by atoms with Crippen LogP contribution in [0.15, 0.2) is 24.3 Å². The number of carbonyl (C=O) groups excluding carboxylic acids is 1. The van der Waals surface area contributed by atoms with Gasteiger partial charge in [0.2, 0.25) is 0 Å². The summed E-state index contributed by atoms with van der Waals surface area (Å²) in [5, 5.41) is 0. The SMILES string of the molecule is COc1ccc(CN(C)CC(=O)c2cc(C)n(C(C)C)c2C)cc1OC. The highest BCUT2D eigenvalue weighted by Gasteiger charge is 2.18. The van der Waals surface area contributed by atoms with Gasteiger partial charge in [-0.1, -0.05) is 6.07 Å². The largest absolute Gasteiger partial charge is 0.493 e. The van der Waals surface area contributed by atoms with Crippen molar-refractivity contribution in [3.63, 3.8) is 0 Å². The Hall–Kier alpha value is -2.27. The van der Waals surface area contributed by atoms with Crippen molar-refractivity contribution in [1.29, 1.82) is 0 Å². The van der Waals surface area contributed by atoms with E-state index < -0.39 is 0 Å². The molecule has 2 rings (SSSR count). The number of carbonyl (C=O) groups is 1. The average molecular weight is 358 g/mol. The van der Waals surface area contributed by atoms with Crippen LogP contribution < -0.4 is 9.47 Å². The van der Waals surface area contributed by atoms with Crippen LogP contribution in [0.2, 0.25) is 0 Å². The minimum absolute atomic E-state index is 0.146. The minimum Gasteiger partial charge on any atom is -0.493 e. The summed E-state index contributed by atoms with van der Waals surface area (Å²) in [5.74, 6) is 1.55. The second-order valence-electron chi connectivity index (χ2n) is 7.03. The lowest BCUT2D eigenvalue weighted by atomic mass is 10.1. The fourth-order valence-electron chi connectivity index (χ4n) is 3.53. The second kappa shape index (κ2) is 8.41. The molecular weight excluding hydrogens is 328 g/mol. The molecule has 0 N–H and O–H groups in total. The van der Waals surface area contributed by atoms with Crippen LogP contribution in [-0.4, -0.2) is 43.1 Å². The van der Waals surface area contributed by atoms with Crippen LogP contribution in [0.25, 0.3) is 0 Å². The van der Waals surface area contributed by atoms with Gasteiger partial charge in [-0.3, -0.25) is 9.69 Å². The van der Waals surface area contributed by atoms with Crippen molar-refractivity contribution in [3.8, 4) is 11.5 Å². The van der Waals surface area contributed by atoms with Crippen molar-refractivity contribution in [2.75, 3.05) is 27.8 Å². The van der Waals surface area contributed by atoms with Crippen LogP contribution in [0.3, 0.4) is 0 Å². The maximum absolute atomic E-state index is 12.8. The average Bonchev–Trinajstić information content (AvgIpc) is 2.89. The smallest absolute Gasteiger partial charge is 0.178 e. The van der Waals surface area contributed by atoms with Gasteiger partial charge in [0.05, 0.1) is 20.8 Å². The van der Waals surface area contributed by atoms with E-state index in [1.807, 2.05) is 43.1 Å². The highest BCUT2D eigenvalue weighted by atomic mass is 16.5. The number of rotatable bonds is 8. The summed E-state index contributed by atoms with van der Waals surface area (Å²) >= 11 is 0. The van der Waals surface area contributed by atoms with Gasteiger partial charge in [0.1, 0.15) is 0 Å². The number of Topliss-reactive ketones (excluding diaryl/α,β-unsaturated/α-hetero) is 1. The number of ketones is 1. The summed E-state index contributed by atoms with van der Waals surface area (Å²) in [6, 6.07) is 8.18. The van der Waals surface area contributed by atoms with Gasteiger partial charge < -0.3 is 14.0 Å². The van der Waals surface area contributed by atoms with Gasteiger partial charge in [-0.2, -0.15) is 0 Å². The number of methoxy groups -OCH3 is 2. The zero-order chi connectivity index (χ0) is 19.4. The Labute approximate surface area is 156 Å². The topological polar surface area (TPSA) is 43.7 Å². The van der Waals surface area contributed by atoms with E-state index in [2.05, 4.69) is 25.3 Å². The molecule has 0 saturated carbocycles. The highest BCUT2D eigenvalue weighted by Crippen LogP contribution is 2.28. The van der Waals surface area contributed by atoms with E-state index in [1.165, 1.54) is 0 Å². The predicted octanol–water partition coefficient (Wildman–Crippen LogP) is 4.02. The Kier molecular flexibility index (Phi) is 6.48. The van der Waals surface area contributed by atoms with Crippen molar-refractivity contribution >= 4 is 5.78 Å². The first kappa shape index (κ1) is 20.0. The van der Waals surface area contributed by atoms with Gasteiger partial charge in [-0.25, -0.2) is 0 Å². The minimum atomic E-state index is 0.146. The number of benzene rings is 1. The first-order valence-corrected chi connectivity index (χ1v) is 8.89. The molecule has 0 amide bonds. The summed E-state index contributed by atoms with van der Waals surface area (Å²) in [6.07, 6.45) is 0. The number of ether oxygens (including phenoxy) is 2. The van der Waals surface area contributed by atoms with E-state index in [4.69, 9.17) is 9.47 Å². The van der Waals surface area contributed by atoms with E-state index in [9.17, 15) is 4.79 Å². The molecule has 1 heterocycles. The zero-order valence-corrected chi connectivity index (χ0v) is 16.9. The Bertz CT molecular complexity index is 778. The summed E-state index contributed by atoms with van der Waals surface area (Å²) in [4.78, 5) is 14.8. The fourth-order valence-corrected chi connectivity index (χ4v) is 3.53. The molecule has 1 aromatic carbocycles.